The summed E-state index contributed by atoms with van der Waals surface area (Å²) < 4.78 is 16.8. The zero-order chi connectivity index (χ0) is 22.6. The summed E-state index contributed by atoms with van der Waals surface area (Å²) >= 11 is 3.43. The lowest BCUT2D eigenvalue weighted by Gasteiger charge is -2.42. The molecular weight excluding hydrogens is 468 g/mol. The minimum Gasteiger partial charge on any atom is -0.460 e. The van der Waals surface area contributed by atoms with Crippen LogP contribution in [-0.2, 0) is 34.0 Å². The molecule has 0 saturated carbocycles. The molecule has 9 heteroatoms. The molecule has 0 unspecified atom stereocenters. The smallest absolute Gasteiger partial charge is 0.341 e. The normalized spacial score (nSPS) is 24.0. The first-order valence-electron chi connectivity index (χ1n) is 9.84. The number of Topliss-reactive ketones (excluding diaryl/α,β-unsaturated/α-hetero) is 1. The molecule has 4 rings (SSSR count). The lowest BCUT2D eigenvalue weighted by molar-refractivity contribution is -0.142. The highest BCUT2D eigenvalue weighted by atomic mass is 79.9. The maximum Gasteiger partial charge on any atom is 0.341 e. The molecule has 0 aromatic heterocycles. The first kappa shape index (κ1) is 21.6. The molecule has 0 radical (unpaired) electrons. The van der Waals surface area contributed by atoms with Crippen LogP contribution in [0.25, 0.3) is 0 Å². The van der Waals surface area contributed by atoms with Crippen LogP contribution in [-0.4, -0.2) is 38.0 Å². The van der Waals surface area contributed by atoms with Crippen molar-refractivity contribution in [3.05, 3.63) is 51.0 Å². The van der Waals surface area contributed by atoms with Gasteiger partial charge in [-0.1, -0.05) is 29.8 Å². The molecule has 164 valence electrons. The van der Waals surface area contributed by atoms with E-state index in [1.807, 2.05) is 13.8 Å². The Hall–Kier alpha value is -2.65. The number of nitrogens with two attached hydrogens (primary N) is 1. The summed E-state index contributed by atoms with van der Waals surface area (Å²) in [5.41, 5.74) is 5.02. The van der Waals surface area contributed by atoms with Crippen molar-refractivity contribution >= 4 is 39.3 Å². The molecule has 31 heavy (non-hydrogen) atoms. The average Bonchev–Trinajstić information content (AvgIpc) is 2.92. The van der Waals surface area contributed by atoms with E-state index in [1.165, 1.54) is 7.11 Å². The number of allylic oxidation sites excluding steroid dienone is 1. The van der Waals surface area contributed by atoms with Gasteiger partial charge in [-0.25, -0.2) is 4.79 Å². The van der Waals surface area contributed by atoms with Gasteiger partial charge in [0.05, 0.1) is 12.2 Å². The van der Waals surface area contributed by atoms with E-state index >= 15 is 0 Å². The number of hydrogen-bond donors (Lipinski definition) is 2. The molecule has 1 aromatic rings. The third kappa shape index (κ3) is 3.27. The maximum absolute atomic E-state index is 13.6. The fraction of sp³-hybridized carbons (Fsp3) is 0.409. The van der Waals surface area contributed by atoms with Crippen molar-refractivity contribution in [2.24, 2.45) is 11.1 Å². The van der Waals surface area contributed by atoms with Gasteiger partial charge in [-0.05, 0) is 23.6 Å². The van der Waals surface area contributed by atoms with Gasteiger partial charge >= 0.3 is 5.97 Å². The van der Waals surface area contributed by atoms with Gasteiger partial charge in [0.25, 0.3) is 0 Å². The third-order valence-electron chi connectivity index (χ3n) is 5.76. The molecule has 1 aromatic carbocycles. The Labute approximate surface area is 187 Å². The molecule has 2 aliphatic heterocycles. The van der Waals surface area contributed by atoms with Crippen LogP contribution >= 0.6 is 15.9 Å². The van der Waals surface area contributed by atoms with E-state index in [9.17, 15) is 14.4 Å². The van der Waals surface area contributed by atoms with E-state index in [2.05, 4.69) is 21.2 Å². The number of rotatable bonds is 4. The van der Waals surface area contributed by atoms with Crippen LogP contribution in [0.3, 0.4) is 0 Å². The minimum absolute atomic E-state index is 0.0396. The van der Waals surface area contributed by atoms with E-state index in [1.54, 1.807) is 18.2 Å². The van der Waals surface area contributed by atoms with Gasteiger partial charge in [0, 0.05) is 35.7 Å². The topological polar surface area (TPSA) is 117 Å². The Morgan fingerprint density at radius 1 is 1.26 bits per heavy atom. The number of methoxy groups -OCH3 is 1. The number of halogens is 1. The van der Waals surface area contributed by atoms with E-state index in [0.29, 0.717) is 27.9 Å². The SMILES string of the molecule is COCCOC(=O)C1=C(N)OC2=C(C(=O)CC(C)(C)C2)[C@]12C(=O)Nc1ccc(Br)cc12. The molecule has 1 aliphatic carbocycles. The Kier molecular flexibility index (Phi) is 5.21. The fourth-order valence-electron chi connectivity index (χ4n) is 4.58. The lowest BCUT2D eigenvalue weighted by Crippen LogP contribution is -2.50. The predicted molar refractivity (Wildman–Crippen MR) is 115 cm³/mol. The zero-order valence-electron chi connectivity index (χ0n) is 17.5. The molecule has 0 bridgehead atoms. The number of carbonyl (C=O) groups is 3. The fourth-order valence-corrected chi connectivity index (χ4v) is 4.94. The van der Waals surface area contributed by atoms with Gasteiger partial charge < -0.3 is 25.3 Å². The molecular formula is C22H23BrN2O6. The van der Waals surface area contributed by atoms with E-state index in [0.717, 1.165) is 0 Å². The number of esters is 1. The van der Waals surface area contributed by atoms with Crippen molar-refractivity contribution in [1.29, 1.82) is 0 Å². The van der Waals surface area contributed by atoms with Crippen LogP contribution < -0.4 is 11.1 Å². The highest BCUT2D eigenvalue weighted by molar-refractivity contribution is 9.10. The number of amides is 1. The second-order valence-corrected chi connectivity index (χ2v) is 9.52. The summed E-state index contributed by atoms with van der Waals surface area (Å²) in [5.74, 6) is -1.55. The molecule has 3 aliphatic rings. The number of carbonyl (C=O) groups excluding carboxylic acids is 3. The summed E-state index contributed by atoms with van der Waals surface area (Å²) in [7, 11) is 1.48. The number of anilines is 1. The van der Waals surface area contributed by atoms with Crippen molar-refractivity contribution in [2.75, 3.05) is 25.6 Å². The molecule has 1 spiro atoms. The lowest BCUT2D eigenvalue weighted by atomic mass is 9.62. The molecule has 1 amide bonds. The van der Waals surface area contributed by atoms with Crippen molar-refractivity contribution < 1.29 is 28.6 Å². The van der Waals surface area contributed by atoms with Crippen LogP contribution in [0, 0.1) is 5.41 Å². The quantitative estimate of drug-likeness (QED) is 0.491. The number of fused-ring (bicyclic) bond motifs is 3. The number of ether oxygens (including phenoxy) is 3. The van der Waals surface area contributed by atoms with E-state index < -0.39 is 17.3 Å². The Morgan fingerprint density at radius 3 is 2.71 bits per heavy atom. The highest BCUT2D eigenvalue weighted by Crippen LogP contribution is 2.56. The van der Waals surface area contributed by atoms with Crippen LogP contribution in [0.15, 0.2) is 45.5 Å². The standard InChI is InChI=1S/C22H23BrN2O6/c1-21(2)9-14(26)16-15(10-21)31-18(24)17(19(27)30-7-6-29-3)22(16)12-8-11(23)4-5-13(12)25-20(22)28/h4-5,8H,6-7,9-10,24H2,1-3H3,(H,25,28)/t22-/m0/s1. The molecule has 2 heterocycles. The second kappa shape index (κ2) is 7.49. The van der Waals surface area contributed by atoms with Gasteiger partial charge in [-0.2, -0.15) is 0 Å². The highest BCUT2D eigenvalue weighted by Gasteiger charge is 2.62. The average molecular weight is 491 g/mol. The number of hydrogen-bond acceptors (Lipinski definition) is 7. The molecule has 1 atom stereocenters. The van der Waals surface area contributed by atoms with Crippen molar-refractivity contribution in [3.63, 3.8) is 0 Å². The van der Waals surface area contributed by atoms with Crippen LogP contribution in [0.5, 0.6) is 0 Å². The monoisotopic (exact) mass is 490 g/mol. The van der Waals surface area contributed by atoms with Gasteiger partial charge in [0.2, 0.25) is 11.8 Å². The maximum atomic E-state index is 13.6. The Morgan fingerprint density at radius 2 is 2.00 bits per heavy atom. The van der Waals surface area contributed by atoms with E-state index in [4.69, 9.17) is 19.9 Å². The third-order valence-corrected chi connectivity index (χ3v) is 6.26. The summed E-state index contributed by atoms with van der Waals surface area (Å²) in [5, 5.41) is 2.81. The molecule has 0 saturated heterocycles. The predicted octanol–water partition coefficient (Wildman–Crippen LogP) is 2.67. The van der Waals surface area contributed by atoms with E-state index in [-0.39, 0.29) is 47.9 Å². The first-order valence-corrected chi connectivity index (χ1v) is 10.6. The summed E-state index contributed by atoms with van der Waals surface area (Å²) in [6, 6.07) is 5.19. The van der Waals surface area contributed by atoms with Gasteiger partial charge in [0.1, 0.15) is 23.4 Å². The molecule has 8 nitrogen and oxygen atoms in total. The van der Waals surface area contributed by atoms with Gasteiger partial charge in [-0.15, -0.1) is 0 Å². The summed E-state index contributed by atoms with van der Waals surface area (Å²) in [4.78, 5) is 40.2. The van der Waals surface area contributed by atoms with Crippen LogP contribution in [0.1, 0.15) is 32.3 Å². The van der Waals surface area contributed by atoms with Crippen molar-refractivity contribution in [3.8, 4) is 0 Å². The van der Waals surface area contributed by atoms with Crippen LogP contribution in [0.4, 0.5) is 5.69 Å². The van der Waals surface area contributed by atoms with Gasteiger partial charge in [-0.3, -0.25) is 9.59 Å². The first-order chi connectivity index (χ1) is 14.6. The number of ketones is 1. The summed E-state index contributed by atoms with van der Waals surface area (Å²) in [6.07, 6.45) is 0.610. The number of benzene rings is 1. The zero-order valence-corrected chi connectivity index (χ0v) is 19.1. The molecule has 0 fully saturated rings. The molecule has 3 N–H and O–H groups in total. The minimum atomic E-state index is -1.74. The van der Waals surface area contributed by atoms with Crippen molar-refractivity contribution in [1.82, 2.24) is 0 Å². The van der Waals surface area contributed by atoms with Crippen molar-refractivity contribution in [2.45, 2.75) is 32.1 Å². The Bertz CT molecular complexity index is 1070. The van der Waals surface area contributed by atoms with Gasteiger partial charge in [0.15, 0.2) is 5.78 Å². The van der Waals surface area contributed by atoms with Crippen LogP contribution in [0.2, 0.25) is 0 Å². The number of nitrogens with one attached hydrogen (secondary N) is 1. The summed E-state index contributed by atoms with van der Waals surface area (Å²) in [6.45, 7) is 4.01. The largest absolute Gasteiger partial charge is 0.460 e. The Balaban J connectivity index is 1.98. The second-order valence-electron chi connectivity index (χ2n) is 8.60.